The summed E-state index contributed by atoms with van der Waals surface area (Å²) in [5.41, 5.74) is 2.38. The Morgan fingerprint density at radius 1 is 1.16 bits per heavy atom. The van der Waals surface area contributed by atoms with Crippen LogP contribution in [0, 0.1) is 0 Å². The summed E-state index contributed by atoms with van der Waals surface area (Å²) in [6.45, 7) is 1.32. The van der Waals surface area contributed by atoms with Crippen LogP contribution in [0.1, 0.15) is 29.8 Å². The molecule has 1 aromatic carbocycles. The lowest BCUT2D eigenvalue weighted by Gasteiger charge is -2.39. The van der Waals surface area contributed by atoms with Crippen LogP contribution in [0.15, 0.2) is 36.4 Å². The molecule has 0 bridgehead atoms. The molecule has 1 saturated heterocycles. The Kier molecular flexibility index (Phi) is 4.55. The van der Waals surface area contributed by atoms with Crippen molar-refractivity contribution in [2.45, 2.75) is 37.5 Å². The smallest absolute Gasteiger partial charge is 0.269 e. The van der Waals surface area contributed by atoms with Gasteiger partial charge >= 0.3 is 0 Å². The number of aromatic nitrogens is 2. The zero-order valence-corrected chi connectivity index (χ0v) is 14.4. The highest BCUT2D eigenvalue weighted by molar-refractivity contribution is 5.93. The maximum atomic E-state index is 12.7. The molecule has 2 fully saturated rings. The van der Waals surface area contributed by atoms with E-state index in [4.69, 9.17) is 9.47 Å². The number of hydrogen-bond acceptors (Lipinski definition) is 4. The first-order chi connectivity index (χ1) is 12.2. The summed E-state index contributed by atoms with van der Waals surface area (Å²) in [5, 5.41) is 7.61. The Balaban J connectivity index is 1.44. The molecule has 132 valence electrons. The molecule has 0 radical (unpaired) electrons. The minimum Gasteiger partial charge on any atom is -0.373 e. The number of nitrogens with one attached hydrogen (secondary N) is 1. The fourth-order valence-electron chi connectivity index (χ4n) is 3.69. The molecule has 2 aliphatic rings. The third-order valence-corrected chi connectivity index (χ3v) is 5.00. The molecule has 4 rings (SSSR count). The molecular formula is C19H23N3O3. The molecule has 1 amide bonds. The van der Waals surface area contributed by atoms with Gasteiger partial charge in [-0.05, 0) is 25.3 Å². The lowest BCUT2D eigenvalue weighted by atomic mass is 9.89. The number of benzene rings is 1. The molecule has 1 N–H and O–H groups in total. The number of rotatable bonds is 3. The molecule has 3 atom stereocenters. The van der Waals surface area contributed by atoms with Crippen LogP contribution in [0.25, 0.3) is 11.3 Å². The number of aryl methyl sites for hydroxylation is 1. The van der Waals surface area contributed by atoms with Crippen molar-refractivity contribution in [1.29, 1.82) is 0 Å². The molecule has 2 aromatic rings. The van der Waals surface area contributed by atoms with Crippen molar-refractivity contribution >= 4 is 5.91 Å². The highest BCUT2D eigenvalue weighted by Gasteiger charge is 2.35. The van der Waals surface area contributed by atoms with Crippen LogP contribution in [-0.2, 0) is 16.5 Å². The van der Waals surface area contributed by atoms with E-state index in [0.717, 1.165) is 30.5 Å². The van der Waals surface area contributed by atoms with Crippen molar-refractivity contribution in [3.8, 4) is 11.3 Å². The van der Waals surface area contributed by atoms with Gasteiger partial charge in [-0.15, -0.1) is 0 Å². The number of carbonyl (C=O) groups is 1. The van der Waals surface area contributed by atoms with Gasteiger partial charge in [0.2, 0.25) is 0 Å². The Morgan fingerprint density at radius 3 is 2.72 bits per heavy atom. The Bertz CT molecular complexity index is 744. The number of hydrogen-bond donors (Lipinski definition) is 1. The third kappa shape index (κ3) is 3.45. The van der Waals surface area contributed by atoms with Gasteiger partial charge in [0.25, 0.3) is 5.91 Å². The van der Waals surface area contributed by atoms with E-state index in [-0.39, 0.29) is 24.2 Å². The fourth-order valence-corrected chi connectivity index (χ4v) is 3.69. The number of fused-ring (bicyclic) bond motifs is 1. The zero-order chi connectivity index (χ0) is 17.2. The van der Waals surface area contributed by atoms with E-state index in [9.17, 15) is 4.79 Å². The van der Waals surface area contributed by atoms with E-state index < -0.39 is 0 Å². The lowest BCUT2D eigenvalue weighted by Crippen LogP contribution is -2.49. The molecule has 6 nitrogen and oxygen atoms in total. The Hall–Kier alpha value is -2.18. The van der Waals surface area contributed by atoms with E-state index in [0.29, 0.717) is 18.9 Å². The minimum absolute atomic E-state index is 0.0858. The van der Waals surface area contributed by atoms with Gasteiger partial charge in [0.1, 0.15) is 5.69 Å². The van der Waals surface area contributed by atoms with E-state index in [1.165, 1.54) is 0 Å². The average Bonchev–Trinajstić information content (AvgIpc) is 3.04. The molecule has 0 spiro atoms. The van der Waals surface area contributed by atoms with Gasteiger partial charge in [-0.1, -0.05) is 30.3 Å². The standard InChI is InChI=1S/C19H23N3O3/c1-22-16(12-15(21-22)13-5-3-2-4-6-13)19(23)20-14-7-8-17-18(11-14)25-10-9-24-17/h2-6,12,14,17-18H,7-11H2,1H3,(H,20,23). The van der Waals surface area contributed by atoms with E-state index in [1.54, 1.807) is 11.7 Å². The van der Waals surface area contributed by atoms with Gasteiger partial charge < -0.3 is 14.8 Å². The Labute approximate surface area is 147 Å². The Morgan fingerprint density at radius 2 is 1.92 bits per heavy atom. The molecule has 1 saturated carbocycles. The summed E-state index contributed by atoms with van der Waals surface area (Å²) in [4.78, 5) is 12.7. The SMILES string of the molecule is Cn1nc(-c2ccccc2)cc1C(=O)NC1CCC2OCCOC2C1. The normalized spacial score (nSPS) is 26.0. The summed E-state index contributed by atoms with van der Waals surface area (Å²) in [6, 6.07) is 11.8. The monoisotopic (exact) mass is 341 g/mol. The molecule has 25 heavy (non-hydrogen) atoms. The zero-order valence-electron chi connectivity index (χ0n) is 14.4. The molecular weight excluding hydrogens is 318 g/mol. The van der Waals surface area contributed by atoms with Gasteiger partial charge in [0, 0.05) is 18.7 Å². The fraction of sp³-hybridized carbons (Fsp3) is 0.474. The van der Waals surface area contributed by atoms with Crippen molar-refractivity contribution in [3.05, 3.63) is 42.1 Å². The first-order valence-corrected chi connectivity index (χ1v) is 8.84. The molecule has 1 aliphatic carbocycles. The van der Waals surface area contributed by atoms with Crippen LogP contribution in [0.5, 0.6) is 0 Å². The van der Waals surface area contributed by atoms with E-state index >= 15 is 0 Å². The van der Waals surface area contributed by atoms with Crippen molar-refractivity contribution < 1.29 is 14.3 Å². The second-order valence-electron chi connectivity index (χ2n) is 6.71. The highest BCUT2D eigenvalue weighted by atomic mass is 16.6. The summed E-state index contributed by atoms with van der Waals surface area (Å²) in [6.07, 6.45) is 2.93. The summed E-state index contributed by atoms with van der Waals surface area (Å²) >= 11 is 0. The van der Waals surface area contributed by atoms with Gasteiger partial charge in [0.05, 0.1) is 31.1 Å². The second kappa shape index (κ2) is 6.98. The van der Waals surface area contributed by atoms with Gasteiger partial charge in [-0.3, -0.25) is 9.48 Å². The topological polar surface area (TPSA) is 65.4 Å². The summed E-state index contributed by atoms with van der Waals surface area (Å²) in [7, 11) is 1.80. The predicted octanol–water partition coefficient (Wildman–Crippen LogP) is 2.15. The quantitative estimate of drug-likeness (QED) is 0.929. The second-order valence-corrected chi connectivity index (χ2v) is 6.71. The van der Waals surface area contributed by atoms with Crippen LogP contribution in [0.2, 0.25) is 0 Å². The molecule has 2 heterocycles. The highest BCUT2D eigenvalue weighted by Crippen LogP contribution is 2.27. The number of carbonyl (C=O) groups excluding carboxylic acids is 1. The molecule has 3 unspecified atom stereocenters. The lowest BCUT2D eigenvalue weighted by molar-refractivity contribution is -0.157. The number of ether oxygens (including phenoxy) is 2. The molecule has 1 aliphatic heterocycles. The molecule has 6 heteroatoms. The van der Waals surface area contributed by atoms with Crippen molar-refractivity contribution in [3.63, 3.8) is 0 Å². The summed E-state index contributed by atoms with van der Waals surface area (Å²) in [5.74, 6) is -0.0858. The van der Waals surface area contributed by atoms with Gasteiger partial charge in [0.15, 0.2) is 0 Å². The van der Waals surface area contributed by atoms with Crippen molar-refractivity contribution in [2.75, 3.05) is 13.2 Å². The predicted molar refractivity (Wildman–Crippen MR) is 93.2 cm³/mol. The van der Waals surface area contributed by atoms with Crippen molar-refractivity contribution in [1.82, 2.24) is 15.1 Å². The van der Waals surface area contributed by atoms with Crippen LogP contribution >= 0.6 is 0 Å². The minimum atomic E-state index is -0.0858. The summed E-state index contributed by atoms with van der Waals surface area (Å²) < 4.78 is 13.2. The van der Waals surface area contributed by atoms with Crippen LogP contribution in [-0.4, -0.2) is 47.2 Å². The first kappa shape index (κ1) is 16.3. The van der Waals surface area contributed by atoms with Crippen LogP contribution in [0.3, 0.4) is 0 Å². The average molecular weight is 341 g/mol. The van der Waals surface area contributed by atoms with E-state index in [1.807, 2.05) is 36.4 Å². The third-order valence-electron chi connectivity index (χ3n) is 5.00. The molecule has 1 aromatic heterocycles. The largest absolute Gasteiger partial charge is 0.373 e. The van der Waals surface area contributed by atoms with Crippen LogP contribution in [0.4, 0.5) is 0 Å². The van der Waals surface area contributed by atoms with Crippen LogP contribution < -0.4 is 5.32 Å². The first-order valence-electron chi connectivity index (χ1n) is 8.84. The maximum Gasteiger partial charge on any atom is 0.269 e. The van der Waals surface area contributed by atoms with E-state index in [2.05, 4.69) is 10.4 Å². The van der Waals surface area contributed by atoms with Gasteiger partial charge in [-0.2, -0.15) is 5.10 Å². The number of amides is 1. The van der Waals surface area contributed by atoms with Crippen molar-refractivity contribution in [2.24, 2.45) is 7.05 Å². The maximum absolute atomic E-state index is 12.7. The number of nitrogens with zero attached hydrogens (tertiary/aromatic N) is 2. The van der Waals surface area contributed by atoms with Gasteiger partial charge in [-0.25, -0.2) is 0 Å².